The Bertz CT molecular complexity index is 402. The smallest absolute Gasteiger partial charge is 0.187 e. The van der Waals surface area contributed by atoms with Crippen molar-refractivity contribution in [2.75, 3.05) is 19.6 Å². The number of hydrogen-bond donors (Lipinski definition) is 0. The molecule has 0 fully saturated rings. The minimum atomic E-state index is 0.236. The standard InChI is InChI=1S/C16H26BrNOS/c1-12(2)5-8-18(9-6-13(3)4)11-15(19)16-14(17)7-10-20-16/h7,10,12-13H,5-6,8-9,11H2,1-4H3. The fourth-order valence-electron chi connectivity index (χ4n) is 1.92. The number of thiophene rings is 1. The van der Waals surface area contributed by atoms with Crippen LogP contribution in [0.25, 0.3) is 0 Å². The summed E-state index contributed by atoms with van der Waals surface area (Å²) < 4.78 is 0.931. The summed E-state index contributed by atoms with van der Waals surface area (Å²) in [4.78, 5) is 15.5. The highest BCUT2D eigenvalue weighted by atomic mass is 79.9. The molecule has 1 aromatic rings. The van der Waals surface area contributed by atoms with Gasteiger partial charge in [-0.15, -0.1) is 11.3 Å². The second-order valence-electron chi connectivity index (χ2n) is 6.16. The zero-order valence-electron chi connectivity index (χ0n) is 13.0. The fraction of sp³-hybridized carbons (Fsp3) is 0.688. The molecule has 0 aromatic carbocycles. The molecule has 0 bridgehead atoms. The van der Waals surface area contributed by atoms with Gasteiger partial charge in [-0.25, -0.2) is 0 Å². The van der Waals surface area contributed by atoms with E-state index in [2.05, 4.69) is 48.5 Å². The highest BCUT2D eigenvalue weighted by Crippen LogP contribution is 2.23. The number of carbonyl (C=O) groups is 1. The summed E-state index contributed by atoms with van der Waals surface area (Å²) in [6.07, 6.45) is 2.30. The van der Waals surface area contributed by atoms with Crippen molar-refractivity contribution in [1.29, 1.82) is 0 Å². The summed E-state index contributed by atoms with van der Waals surface area (Å²) in [5.41, 5.74) is 0. The van der Waals surface area contributed by atoms with Crippen LogP contribution < -0.4 is 0 Å². The largest absolute Gasteiger partial charge is 0.296 e. The molecule has 0 radical (unpaired) electrons. The van der Waals surface area contributed by atoms with E-state index in [1.165, 1.54) is 11.3 Å². The molecule has 0 aliphatic heterocycles. The van der Waals surface area contributed by atoms with E-state index in [0.717, 1.165) is 35.3 Å². The van der Waals surface area contributed by atoms with Crippen molar-refractivity contribution < 1.29 is 4.79 Å². The zero-order valence-corrected chi connectivity index (χ0v) is 15.4. The van der Waals surface area contributed by atoms with Crippen molar-refractivity contribution >= 4 is 33.0 Å². The van der Waals surface area contributed by atoms with Crippen LogP contribution in [-0.2, 0) is 0 Å². The Balaban J connectivity index is 2.58. The summed E-state index contributed by atoms with van der Waals surface area (Å²) in [7, 11) is 0. The molecule has 0 unspecified atom stereocenters. The first kappa shape index (κ1) is 17.9. The summed E-state index contributed by atoms with van der Waals surface area (Å²) in [5, 5.41) is 1.96. The van der Waals surface area contributed by atoms with Gasteiger partial charge in [0.15, 0.2) is 5.78 Å². The molecule has 2 nitrogen and oxygen atoms in total. The van der Waals surface area contributed by atoms with E-state index in [9.17, 15) is 4.79 Å². The van der Waals surface area contributed by atoms with Gasteiger partial charge in [0.25, 0.3) is 0 Å². The molecule has 1 rings (SSSR count). The molecule has 0 N–H and O–H groups in total. The fourth-order valence-corrected chi connectivity index (χ4v) is 3.44. The van der Waals surface area contributed by atoms with Gasteiger partial charge in [-0.2, -0.15) is 0 Å². The van der Waals surface area contributed by atoms with Gasteiger partial charge in [-0.05, 0) is 65.1 Å². The van der Waals surface area contributed by atoms with Crippen LogP contribution in [0.3, 0.4) is 0 Å². The molecular formula is C16H26BrNOS. The van der Waals surface area contributed by atoms with Gasteiger partial charge >= 0.3 is 0 Å². The van der Waals surface area contributed by atoms with Crippen LogP contribution in [0.15, 0.2) is 15.9 Å². The van der Waals surface area contributed by atoms with Crippen LogP contribution in [0.4, 0.5) is 0 Å². The topological polar surface area (TPSA) is 20.3 Å². The first-order valence-electron chi connectivity index (χ1n) is 7.38. The number of rotatable bonds is 9. The highest BCUT2D eigenvalue weighted by molar-refractivity contribution is 9.10. The van der Waals surface area contributed by atoms with Crippen molar-refractivity contribution in [3.8, 4) is 0 Å². The number of ketones is 1. The number of hydrogen-bond acceptors (Lipinski definition) is 3. The first-order valence-corrected chi connectivity index (χ1v) is 9.06. The van der Waals surface area contributed by atoms with Gasteiger partial charge in [0, 0.05) is 4.47 Å². The molecule has 20 heavy (non-hydrogen) atoms. The average molecular weight is 360 g/mol. The maximum atomic E-state index is 12.4. The molecule has 0 saturated carbocycles. The molecule has 1 heterocycles. The van der Waals surface area contributed by atoms with Crippen LogP contribution >= 0.6 is 27.3 Å². The van der Waals surface area contributed by atoms with Crippen LogP contribution in [0, 0.1) is 11.8 Å². The third-order valence-corrected chi connectivity index (χ3v) is 5.16. The zero-order chi connectivity index (χ0) is 15.1. The van der Waals surface area contributed by atoms with Crippen molar-refractivity contribution in [2.24, 2.45) is 11.8 Å². The predicted octanol–water partition coefficient (Wildman–Crippen LogP) is 5.09. The third kappa shape index (κ3) is 6.51. The second kappa shape index (κ2) is 8.96. The summed E-state index contributed by atoms with van der Waals surface area (Å²) >= 11 is 4.98. The minimum Gasteiger partial charge on any atom is -0.296 e. The quantitative estimate of drug-likeness (QED) is 0.572. The molecule has 0 saturated heterocycles. The summed E-state index contributed by atoms with van der Waals surface area (Å²) in [5.74, 6) is 1.60. The van der Waals surface area contributed by atoms with Crippen LogP contribution in [-0.4, -0.2) is 30.3 Å². The molecule has 114 valence electrons. The molecule has 0 aliphatic rings. The van der Waals surface area contributed by atoms with Crippen molar-refractivity contribution in [1.82, 2.24) is 4.90 Å². The molecule has 4 heteroatoms. The number of carbonyl (C=O) groups excluding carboxylic acids is 1. The second-order valence-corrected chi connectivity index (χ2v) is 7.93. The van der Waals surface area contributed by atoms with E-state index < -0.39 is 0 Å². The Morgan fingerprint density at radius 1 is 1.20 bits per heavy atom. The average Bonchev–Trinajstić information content (AvgIpc) is 2.78. The summed E-state index contributed by atoms with van der Waals surface area (Å²) in [6.45, 7) is 11.5. The Hall–Kier alpha value is -0.190. The highest BCUT2D eigenvalue weighted by Gasteiger charge is 2.16. The van der Waals surface area contributed by atoms with E-state index in [0.29, 0.717) is 18.4 Å². The van der Waals surface area contributed by atoms with Crippen molar-refractivity contribution in [2.45, 2.75) is 40.5 Å². The van der Waals surface area contributed by atoms with Crippen molar-refractivity contribution in [3.63, 3.8) is 0 Å². The SMILES string of the molecule is CC(C)CCN(CCC(C)C)CC(=O)c1sccc1Br. The predicted molar refractivity (Wildman–Crippen MR) is 91.7 cm³/mol. The van der Waals surface area contributed by atoms with E-state index in [-0.39, 0.29) is 5.78 Å². The lowest BCUT2D eigenvalue weighted by Gasteiger charge is -2.23. The van der Waals surface area contributed by atoms with Gasteiger partial charge in [-0.1, -0.05) is 27.7 Å². The van der Waals surface area contributed by atoms with Crippen LogP contribution in [0.5, 0.6) is 0 Å². The van der Waals surface area contributed by atoms with Crippen LogP contribution in [0.1, 0.15) is 50.2 Å². The lowest BCUT2D eigenvalue weighted by atomic mass is 10.1. The van der Waals surface area contributed by atoms with Gasteiger partial charge in [-0.3, -0.25) is 9.69 Å². The maximum absolute atomic E-state index is 12.4. The molecule has 0 spiro atoms. The normalized spacial score (nSPS) is 11.8. The monoisotopic (exact) mass is 359 g/mol. The molecule has 0 amide bonds. The van der Waals surface area contributed by atoms with Gasteiger partial charge < -0.3 is 0 Å². The Labute approximate surface area is 135 Å². The minimum absolute atomic E-state index is 0.236. The Kier molecular flexibility index (Phi) is 8.00. The van der Waals surface area contributed by atoms with E-state index in [1.807, 2.05) is 11.4 Å². The number of Topliss-reactive ketones (excluding diaryl/α,β-unsaturated/α-hetero) is 1. The van der Waals surface area contributed by atoms with E-state index >= 15 is 0 Å². The van der Waals surface area contributed by atoms with Gasteiger partial charge in [0.1, 0.15) is 0 Å². The van der Waals surface area contributed by atoms with Crippen molar-refractivity contribution in [3.05, 3.63) is 20.8 Å². The number of nitrogens with zero attached hydrogens (tertiary/aromatic N) is 1. The molecular weight excluding hydrogens is 334 g/mol. The Morgan fingerprint density at radius 2 is 1.75 bits per heavy atom. The molecule has 0 atom stereocenters. The lowest BCUT2D eigenvalue weighted by Crippen LogP contribution is -2.33. The first-order chi connectivity index (χ1) is 9.40. The third-order valence-electron chi connectivity index (χ3n) is 3.28. The number of halogens is 1. The summed E-state index contributed by atoms with van der Waals surface area (Å²) in [6, 6.07) is 1.95. The van der Waals surface area contributed by atoms with E-state index in [4.69, 9.17) is 0 Å². The molecule has 0 aliphatic carbocycles. The lowest BCUT2D eigenvalue weighted by molar-refractivity contribution is 0.0926. The maximum Gasteiger partial charge on any atom is 0.187 e. The van der Waals surface area contributed by atoms with Gasteiger partial charge in [0.05, 0.1) is 11.4 Å². The van der Waals surface area contributed by atoms with Crippen LogP contribution in [0.2, 0.25) is 0 Å². The van der Waals surface area contributed by atoms with E-state index in [1.54, 1.807) is 0 Å². The van der Waals surface area contributed by atoms with Gasteiger partial charge in [0.2, 0.25) is 0 Å². The molecule has 1 aromatic heterocycles. The Morgan fingerprint density at radius 3 is 2.15 bits per heavy atom.